The molecule has 1 heterocycles. The number of nitrogens with one attached hydrogen (secondary N) is 1. The van der Waals surface area contributed by atoms with Crippen LogP contribution < -0.4 is 10.1 Å². The van der Waals surface area contributed by atoms with Gasteiger partial charge in [-0.2, -0.15) is 0 Å². The summed E-state index contributed by atoms with van der Waals surface area (Å²) in [6.45, 7) is 4.42. The van der Waals surface area contributed by atoms with Gasteiger partial charge in [-0.3, -0.25) is 0 Å². The van der Waals surface area contributed by atoms with E-state index < -0.39 is 0 Å². The van der Waals surface area contributed by atoms with Crippen molar-refractivity contribution in [2.75, 3.05) is 5.32 Å². The molecule has 0 saturated heterocycles. The normalized spacial score (nSPS) is 30.8. The van der Waals surface area contributed by atoms with Crippen LogP contribution in [0.5, 0.6) is 5.75 Å². The largest absolute Gasteiger partial charge is 0.486 e. The molecule has 0 amide bonds. The molecule has 0 spiro atoms. The summed E-state index contributed by atoms with van der Waals surface area (Å²) in [5, 5.41) is 3.68. The summed E-state index contributed by atoms with van der Waals surface area (Å²) in [4.78, 5) is 0. The molecule has 0 radical (unpaired) electrons. The Balaban J connectivity index is 1.85. The lowest BCUT2D eigenvalue weighted by Gasteiger charge is -2.41. The fraction of sp³-hybridized carbons (Fsp3) is 0.600. The highest BCUT2D eigenvalue weighted by molar-refractivity contribution is 5.62. The molecule has 3 rings (SSSR count). The van der Waals surface area contributed by atoms with Crippen molar-refractivity contribution < 1.29 is 4.74 Å². The first kappa shape index (κ1) is 10.9. The molecule has 1 aliphatic heterocycles. The standard InChI is InChI=1S/C15H21NO/c1-3-11-7-8-14-13(9-11)16-12-6-4-5-10(2)15(12)17-14/h4-6,11,13-14,16H,3,7-9H2,1-2H3. The number of ether oxygens (including phenoxy) is 1. The van der Waals surface area contributed by atoms with E-state index in [0.29, 0.717) is 12.1 Å². The van der Waals surface area contributed by atoms with E-state index in [1.807, 2.05) is 0 Å². The summed E-state index contributed by atoms with van der Waals surface area (Å²) in [6, 6.07) is 6.88. The third-order valence-electron chi connectivity index (χ3n) is 4.29. The summed E-state index contributed by atoms with van der Waals surface area (Å²) in [6.07, 6.45) is 5.45. The molecule has 0 aromatic heterocycles. The van der Waals surface area contributed by atoms with Crippen LogP contribution in [0, 0.1) is 12.8 Å². The highest BCUT2D eigenvalue weighted by atomic mass is 16.5. The third-order valence-corrected chi connectivity index (χ3v) is 4.29. The molecule has 1 aliphatic carbocycles. The van der Waals surface area contributed by atoms with Crippen LogP contribution >= 0.6 is 0 Å². The number of benzene rings is 1. The second-order valence-corrected chi connectivity index (χ2v) is 5.45. The molecule has 17 heavy (non-hydrogen) atoms. The van der Waals surface area contributed by atoms with Crippen LogP contribution in [0.4, 0.5) is 5.69 Å². The number of fused-ring (bicyclic) bond motifs is 2. The monoisotopic (exact) mass is 231 g/mol. The predicted octanol–water partition coefficient (Wildman–Crippen LogP) is 3.75. The van der Waals surface area contributed by atoms with Crippen molar-refractivity contribution in [3.8, 4) is 5.75 Å². The predicted molar refractivity (Wildman–Crippen MR) is 70.6 cm³/mol. The molecule has 2 nitrogen and oxygen atoms in total. The highest BCUT2D eigenvalue weighted by Crippen LogP contribution is 2.40. The van der Waals surface area contributed by atoms with Gasteiger partial charge in [0.25, 0.3) is 0 Å². The average molecular weight is 231 g/mol. The minimum atomic E-state index is 0.381. The van der Waals surface area contributed by atoms with E-state index in [9.17, 15) is 0 Å². The molecule has 0 bridgehead atoms. The molecule has 92 valence electrons. The zero-order valence-corrected chi connectivity index (χ0v) is 10.7. The number of hydrogen-bond acceptors (Lipinski definition) is 2. The van der Waals surface area contributed by atoms with E-state index in [4.69, 9.17) is 4.74 Å². The van der Waals surface area contributed by atoms with Gasteiger partial charge in [0.05, 0.1) is 11.7 Å². The quantitative estimate of drug-likeness (QED) is 0.795. The van der Waals surface area contributed by atoms with Gasteiger partial charge < -0.3 is 10.1 Å². The second-order valence-electron chi connectivity index (χ2n) is 5.45. The van der Waals surface area contributed by atoms with Crippen LogP contribution in [-0.4, -0.2) is 12.1 Å². The minimum absolute atomic E-state index is 0.381. The van der Waals surface area contributed by atoms with Crippen molar-refractivity contribution in [3.63, 3.8) is 0 Å². The molecule has 1 saturated carbocycles. The summed E-state index contributed by atoms with van der Waals surface area (Å²) in [7, 11) is 0. The van der Waals surface area contributed by atoms with Crippen molar-refractivity contribution in [2.45, 2.75) is 51.7 Å². The Bertz CT molecular complexity index is 415. The zero-order valence-electron chi connectivity index (χ0n) is 10.7. The molecule has 3 atom stereocenters. The maximum absolute atomic E-state index is 6.20. The van der Waals surface area contributed by atoms with Gasteiger partial charge in [0, 0.05) is 0 Å². The second kappa shape index (κ2) is 4.25. The Hall–Kier alpha value is -1.18. The third kappa shape index (κ3) is 1.90. The Morgan fingerprint density at radius 2 is 2.24 bits per heavy atom. The van der Waals surface area contributed by atoms with Crippen LogP contribution in [-0.2, 0) is 0 Å². The number of aryl methyl sites for hydroxylation is 1. The maximum atomic E-state index is 6.20. The number of hydrogen-bond donors (Lipinski definition) is 1. The van der Waals surface area contributed by atoms with E-state index >= 15 is 0 Å². The van der Waals surface area contributed by atoms with Gasteiger partial charge >= 0.3 is 0 Å². The van der Waals surface area contributed by atoms with Gasteiger partial charge in [-0.15, -0.1) is 0 Å². The number of para-hydroxylation sites is 1. The molecule has 1 aromatic carbocycles. The molecular formula is C15H21NO. The lowest BCUT2D eigenvalue weighted by Crippen LogP contribution is -2.45. The van der Waals surface area contributed by atoms with E-state index in [2.05, 4.69) is 37.4 Å². The summed E-state index contributed by atoms with van der Waals surface area (Å²) in [5.74, 6) is 1.95. The number of rotatable bonds is 1. The van der Waals surface area contributed by atoms with E-state index in [-0.39, 0.29) is 0 Å². The lowest BCUT2D eigenvalue weighted by molar-refractivity contribution is 0.106. The van der Waals surface area contributed by atoms with Crippen molar-refractivity contribution in [2.24, 2.45) is 5.92 Å². The van der Waals surface area contributed by atoms with E-state index in [0.717, 1.165) is 11.7 Å². The van der Waals surface area contributed by atoms with Gasteiger partial charge in [-0.25, -0.2) is 0 Å². The molecular weight excluding hydrogens is 210 g/mol. The molecule has 2 aliphatic rings. The molecule has 1 aromatic rings. The minimum Gasteiger partial charge on any atom is -0.486 e. The Morgan fingerprint density at radius 1 is 1.35 bits per heavy atom. The topological polar surface area (TPSA) is 21.3 Å². The summed E-state index contributed by atoms with van der Waals surface area (Å²) >= 11 is 0. The van der Waals surface area contributed by atoms with Gasteiger partial charge in [-0.1, -0.05) is 25.5 Å². The van der Waals surface area contributed by atoms with E-state index in [1.165, 1.54) is 36.9 Å². The SMILES string of the molecule is CCC1CCC2Oc3c(C)cccc3NC2C1. The lowest BCUT2D eigenvalue weighted by atomic mass is 9.81. The Labute approximate surface area is 103 Å². The fourth-order valence-electron chi connectivity index (χ4n) is 3.17. The van der Waals surface area contributed by atoms with Gasteiger partial charge in [-0.05, 0) is 43.7 Å². The van der Waals surface area contributed by atoms with Crippen LogP contribution in [0.2, 0.25) is 0 Å². The van der Waals surface area contributed by atoms with Gasteiger partial charge in [0.15, 0.2) is 0 Å². The number of anilines is 1. The van der Waals surface area contributed by atoms with Crippen LogP contribution in [0.25, 0.3) is 0 Å². The highest BCUT2D eigenvalue weighted by Gasteiger charge is 2.35. The summed E-state index contributed by atoms with van der Waals surface area (Å²) < 4.78 is 6.20. The van der Waals surface area contributed by atoms with Crippen molar-refractivity contribution in [1.82, 2.24) is 0 Å². The smallest absolute Gasteiger partial charge is 0.145 e. The fourth-order valence-corrected chi connectivity index (χ4v) is 3.17. The first-order valence-electron chi connectivity index (χ1n) is 6.80. The summed E-state index contributed by atoms with van der Waals surface area (Å²) in [5.41, 5.74) is 2.43. The zero-order chi connectivity index (χ0) is 11.8. The van der Waals surface area contributed by atoms with E-state index in [1.54, 1.807) is 0 Å². The Morgan fingerprint density at radius 3 is 3.06 bits per heavy atom. The van der Waals surface area contributed by atoms with Crippen LogP contribution in [0.3, 0.4) is 0 Å². The first-order valence-corrected chi connectivity index (χ1v) is 6.80. The molecule has 2 heteroatoms. The van der Waals surface area contributed by atoms with Crippen molar-refractivity contribution in [1.29, 1.82) is 0 Å². The average Bonchev–Trinajstić information content (AvgIpc) is 2.36. The Kier molecular flexibility index (Phi) is 2.73. The molecule has 3 unspecified atom stereocenters. The van der Waals surface area contributed by atoms with Gasteiger partial charge in [0.2, 0.25) is 0 Å². The first-order chi connectivity index (χ1) is 8.28. The van der Waals surface area contributed by atoms with Crippen LogP contribution in [0.15, 0.2) is 18.2 Å². The molecule has 1 fully saturated rings. The van der Waals surface area contributed by atoms with Gasteiger partial charge in [0.1, 0.15) is 11.9 Å². The van der Waals surface area contributed by atoms with Crippen molar-refractivity contribution >= 4 is 5.69 Å². The molecule has 1 N–H and O–H groups in total. The maximum Gasteiger partial charge on any atom is 0.145 e. The van der Waals surface area contributed by atoms with Crippen LogP contribution in [0.1, 0.15) is 38.2 Å². The van der Waals surface area contributed by atoms with Crippen molar-refractivity contribution in [3.05, 3.63) is 23.8 Å².